The van der Waals surface area contributed by atoms with Crippen LogP contribution >= 0.6 is 0 Å². The number of aliphatic imine (C=N–C) groups is 1. The molecule has 7 heteroatoms. The number of hydrogen-bond acceptors (Lipinski definition) is 4. The first-order chi connectivity index (χ1) is 14.2. The lowest BCUT2D eigenvalue weighted by Gasteiger charge is -2.27. The fourth-order valence-electron chi connectivity index (χ4n) is 5.03. The number of guanidine groups is 1. The first kappa shape index (κ1) is 20.3. The average molecular weight is 402 g/mol. The van der Waals surface area contributed by atoms with Gasteiger partial charge in [-0.2, -0.15) is 0 Å². The number of carbonyl (C=O) groups is 1. The molecule has 1 aliphatic carbocycles. The lowest BCUT2D eigenvalue weighted by Crippen LogP contribution is -2.47. The molecule has 2 unspecified atom stereocenters. The molecule has 0 radical (unpaired) electrons. The average Bonchev–Trinajstić information content (AvgIpc) is 3.55. The van der Waals surface area contributed by atoms with Gasteiger partial charge in [0.15, 0.2) is 5.96 Å². The van der Waals surface area contributed by atoms with E-state index in [2.05, 4.69) is 31.5 Å². The highest BCUT2D eigenvalue weighted by molar-refractivity contribution is 5.81. The van der Waals surface area contributed by atoms with Gasteiger partial charge in [-0.1, -0.05) is 12.8 Å². The van der Waals surface area contributed by atoms with Crippen molar-refractivity contribution in [3.8, 4) is 0 Å². The number of rotatable bonds is 6. The van der Waals surface area contributed by atoms with Crippen molar-refractivity contribution >= 4 is 11.9 Å². The van der Waals surface area contributed by atoms with Crippen molar-refractivity contribution < 1.29 is 9.21 Å². The van der Waals surface area contributed by atoms with E-state index >= 15 is 0 Å². The summed E-state index contributed by atoms with van der Waals surface area (Å²) >= 11 is 0. The van der Waals surface area contributed by atoms with Crippen LogP contribution in [-0.2, 0) is 4.79 Å². The number of furan rings is 1. The molecular formula is C22H35N5O2. The van der Waals surface area contributed by atoms with Crippen LogP contribution in [0.3, 0.4) is 0 Å². The third kappa shape index (κ3) is 4.94. The minimum absolute atomic E-state index is 0.218. The molecule has 4 rings (SSSR count). The molecule has 2 aliphatic heterocycles. The predicted molar refractivity (Wildman–Crippen MR) is 114 cm³/mol. The van der Waals surface area contributed by atoms with Crippen molar-refractivity contribution in [2.24, 2.45) is 10.9 Å². The van der Waals surface area contributed by atoms with Gasteiger partial charge in [-0.15, -0.1) is 0 Å². The third-order valence-electron chi connectivity index (χ3n) is 6.68. The number of amides is 1. The van der Waals surface area contributed by atoms with Gasteiger partial charge in [-0.05, 0) is 57.3 Å². The summed E-state index contributed by atoms with van der Waals surface area (Å²) in [5, 5.41) is 7.02. The van der Waals surface area contributed by atoms with Crippen molar-refractivity contribution in [2.45, 2.75) is 57.0 Å². The summed E-state index contributed by atoms with van der Waals surface area (Å²) in [6.07, 6.45) is 9.77. The SMILES string of the molecule is CN=C(NCC(c1ccco1)N1CCCC1)NC1CCN(C(=O)C2CCCC2)C1. The number of nitrogens with one attached hydrogen (secondary N) is 2. The molecule has 160 valence electrons. The van der Waals surface area contributed by atoms with Crippen LogP contribution in [0.2, 0.25) is 0 Å². The summed E-state index contributed by atoms with van der Waals surface area (Å²) in [5.41, 5.74) is 0. The third-order valence-corrected chi connectivity index (χ3v) is 6.68. The Morgan fingerprint density at radius 1 is 1.21 bits per heavy atom. The van der Waals surface area contributed by atoms with E-state index in [-0.39, 0.29) is 18.0 Å². The lowest BCUT2D eigenvalue weighted by atomic mass is 10.1. The van der Waals surface area contributed by atoms with Crippen LogP contribution in [0.25, 0.3) is 0 Å². The standard InChI is InChI=1S/C22H35N5O2/c1-23-22(24-15-19(20-9-6-14-29-20)26-11-4-5-12-26)25-18-10-13-27(16-18)21(28)17-7-2-3-8-17/h6,9,14,17-19H,2-5,7-8,10-13,15-16H2,1H3,(H2,23,24,25). The van der Waals surface area contributed by atoms with Crippen LogP contribution < -0.4 is 10.6 Å². The van der Waals surface area contributed by atoms with Crippen molar-refractivity contribution in [1.29, 1.82) is 0 Å². The highest BCUT2D eigenvalue weighted by atomic mass is 16.3. The van der Waals surface area contributed by atoms with E-state index in [4.69, 9.17) is 4.42 Å². The molecule has 0 bridgehead atoms. The Bertz CT molecular complexity index is 677. The quantitative estimate of drug-likeness (QED) is 0.566. The number of nitrogens with zero attached hydrogens (tertiary/aromatic N) is 3. The molecule has 29 heavy (non-hydrogen) atoms. The predicted octanol–water partition coefficient (Wildman–Crippen LogP) is 2.37. The first-order valence-corrected chi connectivity index (χ1v) is 11.3. The van der Waals surface area contributed by atoms with Crippen molar-refractivity contribution in [3.05, 3.63) is 24.2 Å². The molecule has 2 N–H and O–H groups in total. The Kier molecular flexibility index (Phi) is 6.74. The largest absolute Gasteiger partial charge is 0.468 e. The Morgan fingerprint density at radius 3 is 2.69 bits per heavy atom. The van der Waals surface area contributed by atoms with Crippen molar-refractivity contribution in [2.75, 3.05) is 39.8 Å². The summed E-state index contributed by atoms with van der Waals surface area (Å²) in [6.45, 7) is 4.61. The summed E-state index contributed by atoms with van der Waals surface area (Å²) in [5.74, 6) is 2.44. The van der Waals surface area contributed by atoms with E-state index in [0.717, 1.165) is 63.7 Å². The zero-order valence-electron chi connectivity index (χ0n) is 17.6. The van der Waals surface area contributed by atoms with Crippen LogP contribution in [0, 0.1) is 5.92 Å². The second-order valence-electron chi connectivity index (χ2n) is 8.62. The lowest BCUT2D eigenvalue weighted by molar-refractivity contribution is -0.134. The van der Waals surface area contributed by atoms with Gasteiger partial charge in [-0.25, -0.2) is 0 Å². The Labute approximate surface area is 173 Å². The zero-order valence-corrected chi connectivity index (χ0v) is 17.6. The van der Waals surface area contributed by atoms with Gasteiger partial charge >= 0.3 is 0 Å². The monoisotopic (exact) mass is 401 g/mol. The van der Waals surface area contributed by atoms with Crippen LogP contribution in [0.1, 0.15) is 56.7 Å². The van der Waals surface area contributed by atoms with Gasteiger partial charge in [-0.3, -0.25) is 14.7 Å². The highest BCUT2D eigenvalue weighted by Crippen LogP contribution is 2.28. The van der Waals surface area contributed by atoms with E-state index in [1.54, 1.807) is 6.26 Å². The van der Waals surface area contributed by atoms with Crippen molar-refractivity contribution in [3.63, 3.8) is 0 Å². The van der Waals surface area contributed by atoms with E-state index in [1.807, 2.05) is 13.1 Å². The van der Waals surface area contributed by atoms with Gasteiger partial charge in [0.1, 0.15) is 5.76 Å². The van der Waals surface area contributed by atoms with Crippen LogP contribution in [0.4, 0.5) is 0 Å². The molecule has 0 aromatic carbocycles. The number of likely N-dealkylation sites (tertiary alicyclic amines) is 2. The van der Waals surface area contributed by atoms with Gasteiger partial charge in [0.25, 0.3) is 0 Å². The highest BCUT2D eigenvalue weighted by Gasteiger charge is 2.33. The van der Waals surface area contributed by atoms with Crippen molar-refractivity contribution in [1.82, 2.24) is 20.4 Å². The van der Waals surface area contributed by atoms with Crippen LogP contribution in [0.15, 0.2) is 27.8 Å². The van der Waals surface area contributed by atoms with Gasteiger partial charge in [0.05, 0.1) is 12.3 Å². The van der Waals surface area contributed by atoms with Gasteiger partial charge in [0.2, 0.25) is 5.91 Å². The molecule has 7 nitrogen and oxygen atoms in total. The minimum Gasteiger partial charge on any atom is -0.468 e. The normalized spacial score (nSPS) is 24.9. The molecule has 0 spiro atoms. The van der Waals surface area contributed by atoms with Gasteiger partial charge in [0, 0.05) is 38.6 Å². The van der Waals surface area contributed by atoms with E-state index < -0.39 is 0 Å². The van der Waals surface area contributed by atoms with Crippen LogP contribution in [0.5, 0.6) is 0 Å². The zero-order chi connectivity index (χ0) is 20.1. The smallest absolute Gasteiger partial charge is 0.225 e. The first-order valence-electron chi connectivity index (χ1n) is 11.3. The molecule has 1 aromatic rings. The van der Waals surface area contributed by atoms with E-state index in [0.29, 0.717) is 5.91 Å². The fraction of sp³-hybridized carbons (Fsp3) is 0.727. The van der Waals surface area contributed by atoms with E-state index in [9.17, 15) is 4.79 Å². The maximum absolute atomic E-state index is 12.7. The topological polar surface area (TPSA) is 73.1 Å². The van der Waals surface area contributed by atoms with Crippen LogP contribution in [-0.4, -0.2) is 67.5 Å². The van der Waals surface area contributed by atoms with E-state index in [1.165, 1.54) is 25.7 Å². The molecule has 2 atom stereocenters. The molecule has 1 amide bonds. The molecule has 3 aliphatic rings. The fourth-order valence-corrected chi connectivity index (χ4v) is 5.03. The Balaban J connectivity index is 1.28. The minimum atomic E-state index is 0.218. The molecule has 3 fully saturated rings. The molecular weight excluding hydrogens is 366 g/mol. The molecule has 1 saturated carbocycles. The molecule has 3 heterocycles. The second-order valence-corrected chi connectivity index (χ2v) is 8.62. The number of carbonyl (C=O) groups excluding carboxylic acids is 1. The summed E-state index contributed by atoms with van der Waals surface area (Å²) in [6, 6.07) is 4.50. The summed E-state index contributed by atoms with van der Waals surface area (Å²) < 4.78 is 5.71. The second kappa shape index (κ2) is 9.65. The molecule has 2 saturated heterocycles. The maximum Gasteiger partial charge on any atom is 0.225 e. The maximum atomic E-state index is 12.7. The number of hydrogen-bond donors (Lipinski definition) is 2. The van der Waals surface area contributed by atoms with Gasteiger partial charge < -0.3 is 20.0 Å². The summed E-state index contributed by atoms with van der Waals surface area (Å²) in [7, 11) is 1.81. The Morgan fingerprint density at radius 2 is 2.00 bits per heavy atom. The molecule has 1 aromatic heterocycles. The Hall–Kier alpha value is -2.02. The summed E-state index contributed by atoms with van der Waals surface area (Å²) in [4.78, 5) is 21.6.